The van der Waals surface area contributed by atoms with Crippen LogP contribution < -0.4 is 11.1 Å². The van der Waals surface area contributed by atoms with Gasteiger partial charge in [-0.15, -0.1) is 24.8 Å². The molecule has 2 fully saturated rings. The van der Waals surface area contributed by atoms with Gasteiger partial charge < -0.3 is 16.0 Å². The summed E-state index contributed by atoms with van der Waals surface area (Å²) in [6.45, 7) is 3.12. The van der Waals surface area contributed by atoms with Crippen molar-refractivity contribution < 1.29 is 4.79 Å². The Morgan fingerprint density at radius 1 is 1.17 bits per heavy atom. The maximum absolute atomic E-state index is 12.4. The lowest BCUT2D eigenvalue weighted by molar-refractivity contribution is -0.123. The Kier molecular flexibility index (Phi) is 10.8. The lowest BCUT2D eigenvalue weighted by atomic mass is 9.75. The van der Waals surface area contributed by atoms with E-state index in [0.29, 0.717) is 12.3 Å². The minimum absolute atomic E-state index is 0. The van der Waals surface area contributed by atoms with E-state index in [1.54, 1.807) is 0 Å². The van der Waals surface area contributed by atoms with E-state index in [-0.39, 0.29) is 42.3 Å². The fourth-order valence-electron chi connectivity index (χ4n) is 4.42. The van der Waals surface area contributed by atoms with E-state index in [1.807, 2.05) is 0 Å². The van der Waals surface area contributed by atoms with Crippen molar-refractivity contribution >= 4 is 30.7 Å². The molecule has 2 aliphatic carbocycles. The number of halogens is 2. The maximum Gasteiger partial charge on any atom is 0.220 e. The third-order valence-electron chi connectivity index (χ3n) is 6.05. The molecule has 1 amide bonds. The highest BCUT2D eigenvalue weighted by molar-refractivity contribution is 5.85. The fourth-order valence-corrected chi connectivity index (χ4v) is 4.42. The van der Waals surface area contributed by atoms with Crippen LogP contribution in [0.3, 0.4) is 0 Å². The average Bonchev–Trinajstić information content (AvgIpc) is 2.47. The summed E-state index contributed by atoms with van der Waals surface area (Å²) in [6.07, 6.45) is 10.2. The smallest absolute Gasteiger partial charge is 0.220 e. The molecule has 6 heteroatoms. The third kappa shape index (κ3) is 6.36. The predicted molar refractivity (Wildman–Crippen MR) is 106 cm³/mol. The van der Waals surface area contributed by atoms with Crippen LogP contribution in [0.4, 0.5) is 0 Å². The molecule has 3 N–H and O–H groups in total. The van der Waals surface area contributed by atoms with E-state index in [4.69, 9.17) is 5.73 Å². The summed E-state index contributed by atoms with van der Waals surface area (Å²) < 4.78 is 0. The number of rotatable bonds is 5. The van der Waals surface area contributed by atoms with Crippen LogP contribution in [0.25, 0.3) is 0 Å². The van der Waals surface area contributed by atoms with Crippen molar-refractivity contribution in [1.29, 1.82) is 0 Å². The molecule has 0 aromatic carbocycles. The molecule has 0 heterocycles. The van der Waals surface area contributed by atoms with Crippen molar-refractivity contribution in [3.05, 3.63) is 0 Å². The second kappa shape index (κ2) is 10.8. The first-order chi connectivity index (χ1) is 10.4. The lowest BCUT2D eigenvalue weighted by Crippen LogP contribution is -2.55. The first-order valence-corrected chi connectivity index (χ1v) is 9.13. The maximum atomic E-state index is 12.4. The summed E-state index contributed by atoms with van der Waals surface area (Å²) in [4.78, 5) is 14.7. The van der Waals surface area contributed by atoms with E-state index in [9.17, 15) is 4.79 Å². The Labute approximate surface area is 160 Å². The van der Waals surface area contributed by atoms with Gasteiger partial charge in [-0.1, -0.05) is 32.6 Å². The van der Waals surface area contributed by atoms with Crippen LogP contribution >= 0.6 is 24.8 Å². The molecule has 4 unspecified atom stereocenters. The largest absolute Gasteiger partial charge is 0.354 e. The van der Waals surface area contributed by atoms with Crippen molar-refractivity contribution in [3.63, 3.8) is 0 Å². The van der Waals surface area contributed by atoms with Crippen LogP contribution in [0.5, 0.6) is 0 Å². The number of carbonyl (C=O) groups is 1. The molecule has 0 spiro atoms. The minimum Gasteiger partial charge on any atom is -0.354 e. The van der Waals surface area contributed by atoms with Gasteiger partial charge in [-0.2, -0.15) is 0 Å². The summed E-state index contributed by atoms with van der Waals surface area (Å²) in [5, 5.41) is 3.23. The van der Waals surface area contributed by atoms with E-state index in [1.165, 1.54) is 38.5 Å². The van der Waals surface area contributed by atoms with Crippen molar-refractivity contribution in [2.45, 2.75) is 76.3 Å². The Bertz CT molecular complexity index is 381. The van der Waals surface area contributed by atoms with E-state index < -0.39 is 0 Å². The zero-order chi connectivity index (χ0) is 16.2. The summed E-state index contributed by atoms with van der Waals surface area (Å²) in [7, 11) is 4.31. The number of nitrogens with two attached hydrogens (primary N) is 1. The Balaban J connectivity index is 0.00000264. The molecule has 4 atom stereocenters. The van der Waals surface area contributed by atoms with Gasteiger partial charge in [0.25, 0.3) is 0 Å². The van der Waals surface area contributed by atoms with E-state index >= 15 is 0 Å². The number of likely N-dealkylation sites (N-methyl/N-ethyl adjacent to an activating group) is 1. The van der Waals surface area contributed by atoms with E-state index in [0.717, 1.165) is 25.3 Å². The van der Waals surface area contributed by atoms with Crippen LogP contribution in [0.15, 0.2) is 0 Å². The monoisotopic (exact) mass is 381 g/mol. The highest BCUT2D eigenvalue weighted by Gasteiger charge is 2.37. The van der Waals surface area contributed by atoms with Gasteiger partial charge in [0.05, 0.1) is 0 Å². The summed E-state index contributed by atoms with van der Waals surface area (Å²) in [5.74, 6) is 1.33. The SMILES string of the molecule is CC1CCCC(CNC(=O)CC2CCCCC2N)(N(C)C)C1.Cl.Cl. The number of hydrogen-bond acceptors (Lipinski definition) is 3. The number of nitrogens with zero attached hydrogens (tertiary/aromatic N) is 1. The van der Waals surface area contributed by atoms with Crippen molar-refractivity contribution in [2.75, 3.05) is 20.6 Å². The summed E-state index contributed by atoms with van der Waals surface area (Å²) >= 11 is 0. The molecule has 0 saturated heterocycles. The number of amides is 1. The van der Waals surface area contributed by atoms with Gasteiger partial charge >= 0.3 is 0 Å². The quantitative estimate of drug-likeness (QED) is 0.767. The Morgan fingerprint density at radius 2 is 1.83 bits per heavy atom. The first kappa shape index (κ1) is 24.0. The van der Waals surface area contributed by atoms with Crippen LogP contribution in [0.1, 0.15) is 64.7 Å². The van der Waals surface area contributed by atoms with Crippen molar-refractivity contribution in [3.8, 4) is 0 Å². The fraction of sp³-hybridized carbons (Fsp3) is 0.944. The minimum atomic E-state index is 0. The number of hydrogen-bond donors (Lipinski definition) is 2. The molecule has 0 radical (unpaired) electrons. The lowest BCUT2D eigenvalue weighted by Gasteiger charge is -2.45. The summed E-state index contributed by atoms with van der Waals surface area (Å²) in [6, 6.07) is 0.219. The molecular formula is C18H37Cl2N3O. The zero-order valence-corrected chi connectivity index (χ0v) is 17.2. The van der Waals surface area contributed by atoms with Crippen LogP contribution in [-0.4, -0.2) is 43.0 Å². The van der Waals surface area contributed by atoms with Gasteiger partial charge in [0.1, 0.15) is 0 Å². The second-order valence-corrected chi connectivity index (χ2v) is 8.01. The summed E-state index contributed by atoms with van der Waals surface area (Å²) in [5.41, 5.74) is 6.31. The molecule has 2 aliphatic rings. The molecule has 2 saturated carbocycles. The molecule has 4 nitrogen and oxygen atoms in total. The average molecular weight is 382 g/mol. The number of carbonyl (C=O) groups excluding carboxylic acids is 1. The van der Waals surface area contributed by atoms with Gasteiger partial charge in [-0.3, -0.25) is 4.79 Å². The highest BCUT2D eigenvalue weighted by atomic mass is 35.5. The topological polar surface area (TPSA) is 58.4 Å². The third-order valence-corrected chi connectivity index (χ3v) is 6.05. The molecule has 144 valence electrons. The first-order valence-electron chi connectivity index (χ1n) is 9.13. The highest BCUT2D eigenvalue weighted by Crippen LogP contribution is 2.35. The Morgan fingerprint density at radius 3 is 2.42 bits per heavy atom. The van der Waals surface area contributed by atoms with Gasteiger partial charge in [-0.25, -0.2) is 0 Å². The van der Waals surface area contributed by atoms with Gasteiger partial charge in [0, 0.05) is 24.5 Å². The van der Waals surface area contributed by atoms with Crippen molar-refractivity contribution in [1.82, 2.24) is 10.2 Å². The van der Waals surface area contributed by atoms with Gasteiger partial charge in [0.15, 0.2) is 0 Å². The normalized spacial score (nSPS) is 33.3. The second-order valence-electron chi connectivity index (χ2n) is 8.01. The predicted octanol–water partition coefficient (Wildman–Crippen LogP) is 3.36. The van der Waals surface area contributed by atoms with E-state index in [2.05, 4.69) is 31.2 Å². The van der Waals surface area contributed by atoms with Crippen LogP contribution in [0, 0.1) is 11.8 Å². The van der Waals surface area contributed by atoms with Crippen LogP contribution in [-0.2, 0) is 4.79 Å². The van der Waals surface area contributed by atoms with Gasteiger partial charge in [0.2, 0.25) is 5.91 Å². The molecule has 0 aromatic rings. The standard InChI is InChI=1S/C18H35N3O.2ClH/c1-14-7-6-10-18(12-14,21(2)3)13-20-17(22)11-15-8-4-5-9-16(15)19;;/h14-16H,4-13,19H2,1-3H3,(H,20,22);2*1H. The molecule has 0 bridgehead atoms. The molecule has 0 aromatic heterocycles. The van der Waals surface area contributed by atoms with Crippen molar-refractivity contribution in [2.24, 2.45) is 17.6 Å². The zero-order valence-electron chi connectivity index (χ0n) is 15.6. The molecular weight excluding hydrogens is 345 g/mol. The molecule has 2 rings (SSSR count). The number of nitrogens with one attached hydrogen (secondary N) is 1. The van der Waals surface area contributed by atoms with Crippen LogP contribution in [0.2, 0.25) is 0 Å². The Hall–Kier alpha value is -0.0300. The van der Waals surface area contributed by atoms with Gasteiger partial charge in [-0.05, 0) is 51.6 Å². The molecule has 0 aliphatic heterocycles. The molecule has 24 heavy (non-hydrogen) atoms.